The van der Waals surface area contributed by atoms with Crippen molar-refractivity contribution in [3.05, 3.63) is 0 Å². The van der Waals surface area contributed by atoms with Crippen LogP contribution < -0.4 is 0 Å². The molecule has 5 atom stereocenters. The number of fused-ring (bicyclic) bond motifs is 1. The number of ether oxygens (including phenoxy) is 1. The molecule has 0 aromatic carbocycles. The first-order valence-electron chi connectivity index (χ1n) is 9.56. The Hall–Kier alpha value is -0.570. The van der Waals surface area contributed by atoms with Gasteiger partial charge in [-0.3, -0.25) is 4.79 Å². The highest BCUT2D eigenvalue weighted by atomic mass is 16.5. The Morgan fingerprint density at radius 2 is 2.04 bits per heavy atom. The molecule has 0 aromatic heterocycles. The van der Waals surface area contributed by atoms with Gasteiger partial charge in [0.15, 0.2) is 0 Å². The second kappa shape index (κ2) is 7.13. The average Bonchev–Trinajstić information content (AvgIpc) is 2.83. The summed E-state index contributed by atoms with van der Waals surface area (Å²) >= 11 is 0. The van der Waals surface area contributed by atoms with Crippen LogP contribution in [0.15, 0.2) is 0 Å². The third kappa shape index (κ3) is 3.75. The van der Waals surface area contributed by atoms with E-state index in [9.17, 15) is 9.90 Å². The molecular weight excluding hydrogens is 288 g/mol. The highest BCUT2D eigenvalue weighted by molar-refractivity contribution is 5.69. The van der Waals surface area contributed by atoms with Crippen LogP contribution in [0.1, 0.15) is 79.6 Å². The topological polar surface area (TPSA) is 46.5 Å². The summed E-state index contributed by atoms with van der Waals surface area (Å²) in [6.45, 7) is 11.7. The Morgan fingerprint density at radius 1 is 1.35 bits per heavy atom. The van der Waals surface area contributed by atoms with E-state index >= 15 is 0 Å². The SMILES string of the molecule is CCOC(=O)CCC(C)(C)[C@H](C)[C@H]1CC[C@H]2[C@@H](O)CCC[C@]12C. The smallest absolute Gasteiger partial charge is 0.305 e. The first-order chi connectivity index (χ1) is 10.7. The van der Waals surface area contributed by atoms with Crippen molar-refractivity contribution in [2.24, 2.45) is 28.6 Å². The van der Waals surface area contributed by atoms with E-state index in [-0.39, 0.29) is 22.9 Å². The van der Waals surface area contributed by atoms with Gasteiger partial charge in [0, 0.05) is 6.42 Å². The third-order valence-corrected chi connectivity index (χ3v) is 7.28. The lowest BCUT2D eigenvalue weighted by Gasteiger charge is -2.48. The molecule has 2 rings (SSSR count). The second-order valence-corrected chi connectivity index (χ2v) is 8.84. The number of hydrogen-bond acceptors (Lipinski definition) is 3. The summed E-state index contributed by atoms with van der Waals surface area (Å²) < 4.78 is 5.09. The number of aliphatic hydroxyl groups excluding tert-OH is 1. The van der Waals surface area contributed by atoms with Crippen LogP contribution >= 0.6 is 0 Å². The first kappa shape index (κ1) is 18.8. The van der Waals surface area contributed by atoms with Crippen molar-refractivity contribution in [1.29, 1.82) is 0 Å². The highest BCUT2D eigenvalue weighted by Gasteiger charge is 2.54. The Kier molecular flexibility index (Phi) is 5.81. The second-order valence-electron chi connectivity index (χ2n) is 8.84. The van der Waals surface area contributed by atoms with Gasteiger partial charge in [0.2, 0.25) is 0 Å². The number of hydrogen-bond donors (Lipinski definition) is 1. The lowest BCUT2D eigenvalue weighted by atomic mass is 9.57. The molecule has 0 aromatic rings. The molecule has 2 fully saturated rings. The van der Waals surface area contributed by atoms with Crippen LogP contribution in [0.2, 0.25) is 0 Å². The molecule has 0 aliphatic heterocycles. The molecule has 3 heteroatoms. The van der Waals surface area contributed by atoms with Crippen molar-refractivity contribution in [1.82, 2.24) is 0 Å². The lowest BCUT2D eigenvalue weighted by molar-refractivity contribution is -0.144. The zero-order valence-electron chi connectivity index (χ0n) is 15.7. The van der Waals surface area contributed by atoms with Gasteiger partial charge in [0.05, 0.1) is 12.7 Å². The molecule has 0 radical (unpaired) electrons. The maximum absolute atomic E-state index is 11.7. The van der Waals surface area contributed by atoms with Gasteiger partial charge in [-0.1, -0.05) is 34.1 Å². The predicted octanol–water partition coefficient (Wildman–Crippen LogP) is 4.57. The zero-order valence-corrected chi connectivity index (χ0v) is 15.7. The number of aliphatic hydroxyl groups is 1. The van der Waals surface area contributed by atoms with E-state index in [0.29, 0.717) is 30.8 Å². The fourth-order valence-electron chi connectivity index (χ4n) is 5.44. The highest BCUT2D eigenvalue weighted by Crippen LogP contribution is 2.60. The lowest BCUT2D eigenvalue weighted by Crippen LogP contribution is -2.44. The summed E-state index contributed by atoms with van der Waals surface area (Å²) in [6.07, 6.45) is 7.07. The van der Waals surface area contributed by atoms with Gasteiger partial charge in [0.25, 0.3) is 0 Å². The number of carbonyl (C=O) groups excluding carboxylic acids is 1. The number of rotatable bonds is 6. The molecule has 0 amide bonds. The quantitative estimate of drug-likeness (QED) is 0.728. The van der Waals surface area contributed by atoms with E-state index in [1.54, 1.807) is 0 Å². The Bertz CT molecular complexity index is 417. The van der Waals surface area contributed by atoms with Crippen molar-refractivity contribution in [3.63, 3.8) is 0 Å². The average molecular weight is 325 g/mol. The standard InChI is InChI=1S/C20H36O3/c1-6-23-18(22)11-13-19(3,4)14(2)15-9-10-16-17(21)8-7-12-20(15,16)5/h14-17,21H,6-13H2,1-5H3/t14-,15-,16+,17+,20-/m1/s1. The molecule has 0 heterocycles. The summed E-state index contributed by atoms with van der Waals surface area (Å²) in [5.74, 6) is 1.61. The molecule has 2 aliphatic rings. The molecule has 0 unspecified atom stereocenters. The fourth-order valence-corrected chi connectivity index (χ4v) is 5.44. The normalized spacial score (nSPS) is 35.7. The van der Waals surface area contributed by atoms with Crippen LogP contribution in [0.5, 0.6) is 0 Å². The Labute approximate surface area is 142 Å². The third-order valence-electron chi connectivity index (χ3n) is 7.28. The molecule has 0 bridgehead atoms. The number of esters is 1. The molecule has 2 aliphatic carbocycles. The summed E-state index contributed by atoms with van der Waals surface area (Å²) in [4.78, 5) is 11.7. The van der Waals surface area contributed by atoms with Gasteiger partial charge in [-0.25, -0.2) is 0 Å². The van der Waals surface area contributed by atoms with Crippen LogP contribution in [0, 0.1) is 28.6 Å². The van der Waals surface area contributed by atoms with Crippen LogP contribution in [-0.4, -0.2) is 23.8 Å². The summed E-state index contributed by atoms with van der Waals surface area (Å²) in [6, 6.07) is 0. The van der Waals surface area contributed by atoms with Gasteiger partial charge >= 0.3 is 5.97 Å². The van der Waals surface area contributed by atoms with E-state index in [0.717, 1.165) is 19.3 Å². The Balaban J connectivity index is 2.03. The molecule has 0 saturated heterocycles. The summed E-state index contributed by atoms with van der Waals surface area (Å²) in [7, 11) is 0. The largest absolute Gasteiger partial charge is 0.466 e. The van der Waals surface area contributed by atoms with E-state index in [1.165, 1.54) is 19.3 Å². The fraction of sp³-hybridized carbons (Fsp3) is 0.950. The molecule has 134 valence electrons. The minimum absolute atomic E-state index is 0.0728. The minimum Gasteiger partial charge on any atom is -0.466 e. The first-order valence-corrected chi connectivity index (χ1v) is 9.56. The van der Waals surface area contributed by atoms with Crippen molar-refractivity contribution in [3.8, 4) is 0 Å². The maximum Gasteiger partial charge on any atom is 0.305 e. The molecule has 2 saturated carbocycles. The molecule has 23 heavy (non-hydrogen) atoms. The van der Waals surface area contributed by atoms with Gasteiger partial charge < -0.3 is 9.84 Å². The molecular formula is C20H36O3. The maximum atomic E-state index is 11.7. The van der Waals surface area contributed by atoms with Crippen molar-refractivity contribution in [2.75, 3.05) is 6.61 Å². The van der Waals surface area contributed by atoms with Gasteiger partial charge in [-0.15, -0.1) is 0 Å². The molecule has 3 nitrogen and oxygen atoms in total. The van der Waals surface area contributed by atoms with E-state index in [2.05, 4.69) is 27.7 Å². The van der Waals surface area contributed by atoms with Crippen molar-refractivity contribution < 1.29 is 14.6 Å². The molecule has 1 N–H and O–H groups in total. The Morgan fingerprint density at radius 3 is 2.70 bits per heavy atom. The monoisotopic (exact) mass is 324 g/mol. The minimum atomic E-state index is -0.103. The van der Waals surface area contributed by atoms with E-state index < -0.39 is 0 Å². The van der Waals surface area contributed by atoms with Crippen LogP contribution in [0.3, 0.4) is 0 Å². The number of carbonyl (C=O) groups is 1. The van der Waals surface area contributed by atoms with Crippen LogP contribution in [0.25, 0.3) is 0 Å². The van der Waals surface area contributed by atoms with Crippen LogP contribution in [0.4, 0.5) is 0 Å². The van der Waals surface area contributed by atoms with Gasteiger partial charge in [-0.2, -0.15) is 0 Å². The predicted molar refractivity (Wildman–Crippen MR) is 93.0 cm³/mol. The van der Waals surface area contributed by atoms with Gasteiger partial charge in [-0.05, 0) is 67.6 Å². The van der Waals surface area contributed by atoms with Crippen molar-refractivity contribution in [2.45, 2.75) is 85.7 Å². The van der Waals surface area contributed by atoms with Crippen molar-refractivity contribution >= 4 is 5.97 Å². The van der Waals surface area contributed by atoms with E-state index in [4.69, 9.17) is 4.74 Å². The summed E-state index contributed by atoms with van der Waals surface area (Å²) in [5, 5.41) is 10.4. The molecule has 0 spiro atoms. The van der Waals surface area contributed by atoms with Gasteiger partial charge in [0.1, 0.15) is 0 Å². The summed E-state index contributed by atoms with van der Waals surface area (Å²) in [5.41, 5.74) is 0.399. The zero-order chi connectivity index (χ0) is 17.3. The van der Waals surface area contributed by atoms with E-state index in [1.807, 2.05) is 6.92 Å². The van der Waals surface area contributed by atoms with Crippen LogP contribution in [-0.2, 0) is 9.53 Å².